The standard InChI is InChI=1S/C20H36O3/c1-18(2)17(22-19(3,4)23-18)10-6-8-14-11-12-15-16(21)9-7-13-20(14,15)5/h14-17,21H,6-13H2,1-5H3/t14-,15?,16-,17?,20+/m0/s1. The van der Waals surface area contributed by atoms with Gasteiger partial charge in [0.25, 0.3) is 0 Å². The number of fused-ring (bicyclic) bond motifs is 1. The van der Waals surface area contributed by atoms with Crippen molar-refractivity contribution < 1.29 is 14.6 Å². The van der Waals surface area contributed by atoms with E-state index in [-0.39, 0.29) is 17.8 Å². The number of hydrogen-bond acceptors (Lipinski definition) is 3. The Balaban J connectivity index is 1.53. The normalized spacial score (nSPS) is 45.1. The molecule has 1 aliphatic heterocycles. The fourth-order valence-corrected chi connectivity index (χ4v) is 5.90. The van der Waals surface area contributed by atoms with Crippen molar-refractivity contribution in [1.29, 1.82) is 0 Å². The molecule has 0 bridgehead atoms. The van der Waals surface area contributed by atoms with Gasteiger partial charge in [-0.15, -0.1) is 0 Å². The Morgan fingerprint density at radius 3 is 2.39 bits per heavy atom. The Hall–Kier alpha value is -0.120. The van der Waals surface area contributed by atoms with Gasteiger partial charge in [0.2, 0.25) is 0 Å². The Morgan fingerprint density at radius 1 is 1.00 bits per heavy atom. The minimum absolute atomic E-state index is 0.0509. The van der Waals surface area contributed by atoms with Crippen molar-refractivity contribution in [1.82, 2.24) is 0 Å². The summed E-state index contributed by atoms with van der Waals surface area (Å²) in [5.74, 6) is 0.870. The number of ether oxygens (including phenoxy) is 2. The Bertz CT molecular complexity index is 431. The van der Waals surface area contributed by atoms with Crippen LogP contribution in [0.5, 0.6) is 0 Å². The lowest BCUT2D eigenvalue weighted by atomic mass is 9.63. The van der Waals surface area contributed by atoms with E-state index in [9.17, 15) is 5.11 Å². The SMILES string of the molecule is CC1(C)OC(CCC[C@H]2CCC3[C@@H](O)CCC[C@@]32C)C(C)(C)O1. The lowest BCUT2D eigenvalue weighted by Crippen LogP contribution is -2.39. The Labute approximate surface area is 142 Å². The summed E-state index contributed by atoms with van der Waals surface area (Å²) in [5, 5.41) is 10.4. The molecule has 2 aliphatic carbocycles. The third kappa shape index (κ3) is 3.34. The highest BCUT2D eigenvalue weighted by Gasteiger charge is 2.51. The van der Waals surface area contributed by atoms with E-state index < -0.39 is 5.79 Å². The van der Waals surface area contributed by atoms with Gasteiger partial charge in [-0.05, 0) is 83.5 Å². The lowest BCUT2D eigenvalue weighted by Gasteiger charge is -2.43. The molecular formula is C20H36O3. The second-order valence-electron chi connectivity index (χ2n) is 9.49. The molecule has 2 unspecified atom stereocenters. The van der Waals surface area contributed by atoms with Crippen LogP contribution in [-0.4, -0.2) is 28.7 Å². The molecule has 0 aromatic heterocycles. The Kier molecular flexibility index (Phi) is 4.61. The van der Waals surface area contributed by atoms with E-state index in [4.69, 9.17) is 9.47 Å². The fraction of sp³-hybridized carbons (Fsp3) is 1.00. The van der Waals surface area contributed by atoms with Crippen molar-refractivity contribution in [3.63, 3.8) is 0 Å². The molecule has 23 heavy (non-hydrogen) atoms. The van der Waals surface area contributed by atoms with Crippen LogP contribution >= 0.6 is 0 Å². The molecule has 5 atom stereocenters. The van der Waals surface area contributed by atoms with Crippen LogP contribution in [0, 0.1) is 17.3 Å². The van der Waals surface area contributed by atoms with E-state index in [0.29, 0.717) is 11.3 Å². The summed E-state index contributed by atoms with van der Waals surface area (Å²) in [6, 6.07) is 0. The Morgan fingerprint density at radius 2 is 1.74 bits per heavy atom. The first-order valence-corrected chi connectivity index (χ1v) is 9.70. The zero-order valence-corrected chi connectivity index (χ0v) is 15.7. The summed E-state index contributed by atoms with van der Waals surface area (Å²) in [7, 11) is 0. The summed E-state index contributed by atoms with van der Waals surface area (Å²) in [6.45, 7) is 10.8. The number of aliphatic hydroxyl groups is 1. The average Bonchev–Trinajstić information content (AvgIpc) is 2.84. The van der Waals surface area contributed by atoms with Crippen LogP contribution in [0.1, 0.15) is 86.0 Å². The van der Waals surface area contributed by atoms with E-state index in [0.717, 1.165) is 18.8 Å². The first-order valence-electron chi connectivity index (χ1n) is 9.70. The smallest absolute Gasteiger partial charge is 0.164 e. The molecule has 0 amide bonds. The molecule has 1 N–H and O–H groups in total. The van der Waals surface area contributed by atoms with Crippen molar-refractivity contribution in [2.45, 2.75) is 110 Å². The van der Waals surface area contributed by atoms with Gasteiger partial charge in [-0.25, -0.2) is 0 Å². The van der Waals surface area contributed by atoms with Crippen LogP contribution < -0.4 is 0 Å². The summed E-state index contributed by atoms with van der Waals surface area (Å²) in [6.07, 6.45) is 9.75. The van der Waals surface area contributed by atoms with Gasteiger partial charge in [0, 0.05) is 0 Å². The zero-order valence-electron chi connectivity index (χ0n) is 15.7. The van der Waals surface area contributed by atoms with Crippen LogP contribution in [0.3, 0.4) is 0 Å². The summed E-state index contributed by atoms with van der Waals surface area (Å²) in [4.78, 5) is 0. The molecule has 0 aromatic carbocycles. The van der Waals surface area contributed by atoms with Crippen LogP contribution in [0.25, 0.3) is 0 Å². The van der Waals surface area contributed by atoms with E-state index in [1.54, 1.807) is 0 Å². The molecule has 3 heteroatoms. The van der Waals surface area contributed by atoms with Crippen molar-refractivity contribution >= 4 is 0 Å². The van der Waals surface area contributed by atoms with Gasteiger partial charge in [-0.2, -0.15) is 0 Å². The monoisotopic (exact) mass is 324 g/mol. The second-order valence-corrected chi connectivity index (χ2v) is 9.49. The summed E-state index contributed by atoms with van der Waals surface area (Å²) < 4.78 is 12.2. The average molecular weight is 325 g/mol. The largest absolute Gasteiger partial charge is 0.393 e. The molecule has 1 saturated heterocycles. The highest BCUT2D eigenvalue weighted by atomic mass is 16.8. The van der Waals surface area contributed by atoms with Crippen LogP contribution in [0.4, 0.5) is 0 Å². The fourth-order valence-electron chi connectivity index (χ4n) is 5.90. The van der Waals surface area contributed by atoms with Gasteiger partial charge in [0.15, 0.2) is 5.79 Å². The van der Waals surface area contributed by atoms with E-state index in [1.807, 2.05) is 13.8 Å². The number of rotatable bonds is 4. The maximum Gasteiger partial charge on any atom is 0.164 e. The molecule has 3 fully saturated rings. The van der Waals surface area contributed by atoms with E-state index >= 15 is 0 Å². The predicted octanol–water partition coefficient (Wildman–Crippen LogP) is 4.66. The maximum atomic E-state index is 10.4. The van der Waals surface area contributed by atoms with Gasteiger partial charge in [0.05, 0.1) is 17.8 Å². The van der Waals surface area contributed by atoms with Gasteiger partial charge >= 0.3 is 0 Å². The third-order valence-electron chi connectivity index (χ3n) is 7.01. The highest BCUT2D eigenvalue weighted by Crippen LogP contribution is 2.57. The van der Waals surface area contributed by atoms with Crippen molar-refractivity contribution in [2.24, 2.45) is 17.3 Å². The van der Waals surface area contributed by atoms with Crippen molar-refractivity contribution in [3.05, 3.63) is 0 Å². The molecule has 0 aromatic rings. The van der Waals surface area contributed by atoms with E-state index in [1.165, 1.54) is 38.5 Å². The number of aliphatic hydroxyl groups excluding tert-OH is 1. The molecule has 2 saturated carbocycles. The van der Waals surface area contributed by atoms with Gasteiger partial charge in [-0.1, -0.05) is 19.8 Å². The van der Waals surface area contributed by atoms with Crippen molar-refractivity contribution in [3.8, 4) is 0 Å². The first-order chi connectivity index (χ1) is 10.6. The van der Waals surface area contributed by atoms with Gasteiger partial charge < -0.3 is 14.6 Å². The quantitative estimate of drug-likeness (QED) is 0.817. The zero-order chi connectivity index (χ0) is 16.9. The molecule has 1 heterocycles. The first kappa shape index (κ1) is 17.7. The molecule has 3 aliphatic rings. The van der Waals surface area contributed by atoms with Gasteiger partial charge in [0.1, 0.15) is 0 Å². The van der Waals surface area contributed by atoms with Crippen LogP contribution in [-0.2, 0) is 9.47 Å². The van der Waals surface area contributed by atoms with Crippen molar-refractivity contribution in [2.75, 3.05) is 0 Å². The molecule has 3 rings (SSSR count). The minimum Gasteiger partial charge on any atom is -0.393 e. The molecule has 0 spiro atoms. The minimum atomic E-state index is -0.452. The van der Waals surface area contributed by atoms with Gasteiger partial charge in [-0.3, -0.25) is 0 Å². The third-order valence-corrected chi connectivity index (χ3v) is 7.01. The molecular weight excluding hydrogens is 288 g/mol. The van der Waals surface area contributed by atoms with E-state index in [2.05, 4.69) is 20.8 Å². The predicted molar refractivity (Wildman–Crippen MR) is 92.1 cm³/mol. The summed E-state index contributed by atoms with van der Waals surface area (Å²) >= 11 is 0. The number of hydrogen-bond donors (Lipinski definition) is 1. The maximum absolute atomic E-state index is 10.4. The topological polar surface area (TPSA) is 38.7 Å². The van der Waals surface area contributed by atoms with Crippen LogP contribution in [0.15, 0.2) is 0 Å². The second kappa shape index (κ2) is 6.00. The highest BCUT2D eigenvalue weighted by molar-refractivity contribution is 5.00. The van der Waals surface area contributed by atoms with Crippen LogP contribution in [0.2, 0.25) is 0 Å². The molecule has 134 valence electrons. The summed E-state index contributed by atoms with van der Waals surface area (Å²) in [5.41, 5.74) is 0.187. The lowest BCUT2D eigenvalue weighted by molar-refractivity contribution is -0.157. The molecule has 3 nitrogen and oxygen atoms in total. The molecule has 0 radical (unpaired) electrons.